The Labute approximate surface area is 97.9 Å². The van der Waals surface area contributed by atoms with Crippen molar-refractivity contribution in [3.05, 3.63) is 36.4 Å². The molecule has 2 rings (SSSR count). The van der Waals surface area contributed by atoms with Crippen molar-refractivity contribution >= 4 is 11.4 Å². The van der Waals surface area contributed by atoms with E-state index in [9.17, 15) is 10.2 Å². The lowest BCUT2D eigenvalue weighted by Gasteiger charge is -2.08. The molecule has 0 heterocycles. The van der Waals surface area contributed by atoms with Crippen molar-refractivity contribution in [1.29, 1.82) is 0 Å². The molecule has 0 saturated carbocycles. The number of phenols is 2. The Hall–Kier alpha value is -2.56. The van der Waals surface area contributed by atoms with Crippen LogP contribution in [-0.4, -0.2) is 10.2 Å². The highest BCUT2D eigenvalue weighted by molar-refractivity contribution is 5.57. The number of hydrogen-bond donors (Lipinski definition) is 4. The lowest BCUT2D eigenvalue weighted by atomic mass is 10.2. The summed E-state index contributed by atoms with van der Waals surface area (Å²) in [5.74, 6) is 0.728. The molecule has 88 valence electrons. The van der Waals surface area contributed by atoms with E-state index in [4.69, 9.17) is 16.2 Å². The van der Waals surface area contributed by atoms with E-state index in [0.29, 0.717) is 11.5 Å². The quantitative estimate of drug-likeness (QED) is 0.469. The predicted molar refractivity (Wildman–Crippen MR) is 65.1 cm³/mol. The van der Waals surface area contributed by atoms with E-state index in [2.05, 4.69) is 0 Å². The molecular weight excluding hydrogens is 220 g/mol. The van der Waals surface area contributed by atoms with Crippen LogP contribution in [-0.2, 0) is 0 Å². The lowest BCUT2D eigenvalue weighted by molar-refractivity contribution is 0.448. The van der Waals surface area contributed by atoms with Gasteiger partial charge in [-0.2, -0.15) is 0 Å². The van der Waals surface area contributed by atoms with Gasteiger partial charge in [0.15, 0.2) is 0 Å². The lowest BCUT2D eigenvalue weighted by Crippen LogP contribution is -1.89. The van der Waals surface area contributed by atoms with Crippen molar-refractivity contribution in [2.75, 3.05) is 11.5 Å². The largest absolute Gasteiger partial charge is 0.506 e. The fourth-order valence-corrected chi connectivity index (χ4v) is 1.31. The van der Waals surface area contributed by atoms with Gasteiger partial charge >= 0.3 is 0 Å². The molecule has 0 atom stereocenters. The number of anilines is 2. The van der Waals surface area contributed by atoms with Gasteiger partial charge in [-0.1, -0.05) is 0 Å². The summed E-state index contributed by atoms with van der Waals surface area (Å²) in [6.45, 7) is 0. The molecule has 5 heteroatoms. The Morgan fingerprint density at radius 3 is 1.53 bits per heavy atom. The summed E-state index contributed by atoms with van der Waals surface area (Å²) in [5, 5.41) is 18.8. The number of nitrogen functional groups attached to an aromatic ring is 2. The van der Waals surface area contributed by atoms with Gasteiger partial charge in [-0.15, -0.1) is 0 Å². The van der Waals surface area contributed by atoms with E-state index in [1.165, 1.54) is 24.3 Å². The minimum atomic E-state index is -0.0535. The van der Waals surface area contributed by atoms with Crippen LogP contribution in [0.2, 0.25) is 0 Å². The maximum atomic E-state index is 9.40. The maximum absolute atomic E-state index is 9.40. The van der Waals surface area contributed by atoms with Gasteiger partial charge in [0.25, 0.3) is 0 Å². The van der Waals surface area contributed by atoms with Crippen molar-refractivity contribution in [1.82, 2.24) is 0 Å². The molecule has 0 radical (unpaired) electrons. The van der Waals surface area contributed by atoms with Crippen LogP contribution < -0.4 is 16.2 Å². The number of nitrogens with two attached hydrogens (primary N) is 2. The summed E-state index contributed by atoms with van der Waals surface area (Å²) < 4.78 is 5.42. The first kappa shape index (κ1) is 10.9. The van der Waals surface area contributed by atoms with Crippen LogP contribution in [0.4, 0.5) is 11.4 Å². The smallest absolute Gasteiger partial charge is 0.142 e. The van der Waals surface area contributed by atoms with Gasteiger partial charge in [0, 0.05) is 12.1 Å². The highest BCUT2D eigenvalue weighted by Crippen LogP contribution is 2.31. The van der Waals surface area contributed by atoms with Crippen LogP contribution in [0, 0.1) is 0 Å². The average Bonchev–Trinajstić information content (AvgIpc) is 2.29. The van der Waals surface area contributed by atoms with Crippen molar-refractivity contribution in [2.24, 2.45) is 0 Å². The average molecular weight is 232 g/mol. The fourth-order valence-electron chi connectivity index (χ4n) is 1.31. The zero-order chi connectivity index (χ0) is 12.4. The number of benzene rings is 2. The van der Waals surface area contributed by atoms with Crippen LogP contribution in [0.25, 0.3) is 0 Å². The second-order valence-corrected chi connectivity index (χ2v) is 3.54. The van der Waals surface area contributed by atoms with Crippen LogP contribution in [0.5, 0.6) is 23.0 Å². The van der Waals surface area contributed by atoms with Crippen molar-refractivity contribution in [3.63, 3.8) is 0 Å². The summed E-state index contributed by atoms with van der Waals surface area (Å²) >= 11 is 0. The van der Waals surface area contributed by atoms with E-state index >= 15 is 0 Å². The van der Waals surface area contributed by atoms with Crippen LogP contribution >= 0.6 is 0 Å². The summed E-state index contributed by atoms with van der Waals surface area (Å²) in [4.78, 5) is 0. The molecule has 17 heavy (non-hydrogen) atoms. The van der Waals surface area contributed by atoms with Crippen molar-refractivity contribution in [2.45, 2.75) is 0 Å². The molecular formula is C12H12N2O3. The van der Waals surface area contributed by atoms with E-state index < -0.39 is 0 Å². The molecule has 0 amide bonds. The third-order valence-corrected chi connectivity index (χ3v) is 2.24. The Morgan fingerprint density at radius 2 is 1.18 bits per heavy atom. The van der Waals surface area contributed by atoms with Gasteiger partial charge < -0.3 is 26.4 Å². The summed E-state index contributed by atoms with van der Waals surface area (Å²) in [6, 6.07) is 9.07. The normalized spacial score (nSPS) is 10.1. The molecule has 0 bridgehead atoms. The Bertz CT molecular complexity index is 506. The van der Waals surface area contributed by atoms with Crippen molar-refractivity contribution in [3.8, 4) is 23.0 Å². The Balaban J connectivity index is 2.25. The molecule has 2 aromatic rings. The first-order chi connectivity index (χ1) is 8.06. The molecule has 0 aliphatic carbocycles. The predicted octanol–water partition coefficient (Wildman–Crippen LogP) is 2.05. The zero-order valence-corrected chi connectivity index (χ0v) is 8.92. The van der Waals surface area contributed by atoms with Crippen LogP contribution in [0.3, 0.4) is 0 Å². The van der Waals surface area contributed by atoms with Gasteiger partial charge in [0.2, 0.25) is 0 Å². The van der Waals surface area contributed by atoms with Gasteiger partial charge in [-0.3, -0.25) is 0 Å². The van der Waals surface area contributed by atoms with E-state index in [0.717, 1.165) is 0 Å². The van der Waals surface area contributed by atoms with Gasteiger partial charge in [-0.05, 0) is 24.3 Å². The minimum absolute atomic E-state index is 0.0535. The molecule has 0 spiro atoms. The highest BCUT2D eigenvalue weighted by atomic mass is 16.5. The first-order valence-electron chi connectivity index (χ1n) is 4.91. The molecule has 0 aromatic heterocycles. The monoisotopic (exact) mass is 232 g/mol. The van der Waals surface area contributed by atoms with Crippen LogP contribution in [0.15, 0.2) is 36.4 Å². The summed E-state index contributed by atoms with van der Waals surface area (Å²) in [5.41, 5.74) is 11.5. The van der Waals surface area contributed by atoms with Gasteiger partial charge in [-0.25, -0.2) is 0 Å². The molecule has 0 aliphatic rings. The molecule has 2 aromatic carbocycles. The highest BCUT2D eigenvalue weighted by Gasteiger charge is 2.03. The third-order valence-electron chi connectivity index (χ3n) is 2.24. The topological polar surface area (TPSA) is 102 Å². The number of aromatic hydroxyl groups is 2. The molecule has 0 unspecified atom stereocenters. The molecule has 0 fully saturated rings. The minimum Gasteiger partial charge on any atom is -0.506 e. The SMILES string of the molecule is Nc1ccc(Oc2ccc(N)c(O)c2)cc1O. The maximum Gasteiger partial charge on any atom is 0.142 e. The number of rotatable bonds is 2. The molecule has 5 nitrogen and oxygen atoms in total. The van der Waals surface area contributed by atoms with E-state index in [-0.39, 0.29) is 22.9 Å². The molecule has 0 saturated heterocycles. The van der Waals surface area contributed by atoms with Gasteiger partial charge in [0.05, 0.1) is 11.4 Å². The third kappa shape index (κ3) is 2.34. The van der Waals surface area contributed by atoms with Crippen molar-refractivity contribution < 1.29 is 14.9 Å². The molecule has 0 aliphatic heterocycles. The standard InChI is InChI=1S/C12H12N2O3/c13-9-3-1-7(5-11(9)15)17-8-2-4-10(14)12(16)6-8/h1-6,15-16H,13-14H2. The second kappa shape index (κ2) is 4.13. The zero-order valence-electron chi connectivity index (χ0n) is 8.92. The summed E-state index contributed by atoms with van der Waals surface area (Å²) in [7, 11) is 0. The van der Waals surface area contributed by atoms with Gasteiger partial charge in [0.1, 0.15) is 23.0 Å². The van der Waals surface area contributed by atoms with E-state index in [1.54, 1.807) is 12.1 Å². The second-order valence-electron chi connectivity index (χ2n) is 3.54. The summed E-state index contributed by atoms with van der Waals surface area (Å²) in [6.07, 6.45) is 0. The Kier molecular flexibility index (Phi) is 2.66. The molecule has 6 N–H and O–H groups in total. The number of hydrogen-bond acceptors (Lipinski definition) is 5. The van der Waals surface area contributed by atoms with E-state index in [1.807, 2.05) is 0 Å². The van der Waals surface area contributed by atoms with Crippen LogP contribution in [0.1, 0.15) is 0 Å². The number of ether oxygens (including phenoxy) is 1. The Morgan fingerprint density at radius 1 is 0.765 bits per heavy atom. The first-order valence-corrected chi connectivity index (χ1v) is 4.91. The fraction of sp³-hybridized carbons (Fsp3) is 0. The number of phenolic OH excluding ortho intramolecular Hbond substituents is 2.